The second-order valence-electron chi connectivity index (χ2n) is 21.5. The third-order valence-corrected chi connectivity index (χ3v) is 17.5. The maximum absolute atomic E-state index is 16.4. The number of hydrogen-bond acceptors (Lipinski definition) is 12. The third kappa shape index (κ3) is 9.92. The molecule has 7 heterocycles. The van der Waals surface area contributed by atoms with Crippen molar-refractivity contribution in [2.45, 2.75) is 121 Å². The number of fused-ring (bicyclic) bond motifs is 2. The number of anilines is 4. The van der Waals surface area contributed by atoms with Crippen molar-refractivity contribution < 1.29 is 41.8 Å². The second-order valence-corrected chi connectivity index (χ2v) is 21.9. The van der Waals surface area contributed by atoms with Crippen molar-refractivity contribution in [3.05, 3.63) is 75.3 Å². The molecular weight excluding hydrogens is 979 g/mol. The number of imide groups is 1. The summed E-state index contributed by atoms with van der Waals surface area (Å²) in [7, 11) is 1.64. The van der Waals surface area contributed by atoms with Gasteiger partial charge in [0.05, 0.1) is 55.0 Å². The monoisotopic (exact) mass is 1040 g/mol. The zero-order chi connectivity index (χ0) is 51.5. The number of likely N-dealkylation sites (tertiary alicyclic amines) is 3. The molecule has 7 aliphatic rings. The number of nitrogens with one attached hydrogen (secondary N) is 3. The van der Waals surface area contributed by atoms with Crippen molar-refractivity contribution >= 4 is 63.9 Å². The Kier molecular flexibility index (Phi) is 14.0. The van der Waals surface area contributed by atoms with Crippen molar-refractivity contribution in [3.63, 3.8) is 0 Å². The highest BCUT2D eigenvalue weighted by Crippen LogP contribution is 2.45. The van der Waals surface area contributed by atoms with Crippen LogP contribution in [0.3, 0.4) is 0 Å². The normalized spacial score (nSPS) is 24.2. The van der Waals surface area contributed by atoms with E-state index in [4.69, 9.17) is 26.2 Å². The molecular formula is C53H65ClF3N11O6. The summed E-state index contributed by atoms with van der Waals surface area (Å²) in [5, 5.41) is 14.1. The first-order valence-electron chi connectivity index (χ1n) is 26.4. The molecule has 3 N–H and O–H groups in total. The summed E-state index contributed by atoms with van der Waals surface area (Å²) in [4.78, 5) is 65.5. The van der Waals surface area contributed by atoms with Crippen LogP contribution in [0.15, 0.2) is 36.5 Å². The molecule has 2 saturated carbocycles. The summed E-state index contributed by atoms with van der Waals surface area (Å²) in [5.41, 5.74) is 4.99. The van der Waals surface area contributed by atoms with Gasteiger partial charge in [0, 0.05) is 81.7 Å². The van der Waals surface area contributed by atoms with Gasteiger partial charge in [-0.15, -0.1) is 5.10 Å². The summed E-state index contributed by atoms with van der Waals surface area (Å²) in [6.07, 6.45) is 10.7. The highest BCUT2D eigenvalue weighted by molar-refractivity contribution is 6.32. The smallest absolute Gasteiger partial charge is 0.328 e. The number of amides is 5. The van der Waals surface area contributed by atoms with Gasteiger partial charge in [-0.05, 0) is 137 Å². The molecule has 17 nitrogen and oxygen atoms in total. The predicted octanol–water partition coefficient (Wildman–Crippen LogP) is 7.09. The number of nitrogens with zero attached hydrogens (tertiary/aromatic N) is 8. The van der Waals surface area contributed by atoms with E-state index in [0.717, 1.165) is 56.9 Å². The van der Waals surface area contributed by atoms with Crippen molar-refractivity contribution in [1.82, 2.24) is 39.9 Å². The fourth-order valence-electron chi connectivity index (χ4n) is 12.3. The van der Waals surface area contributed by atoms with Gasteiger partial charge >= 0.3 is 6.03 Å². The van der Waals surface area contributed by atoms with Gasteiger partial charge in [0.2, 0.25) is 5.91 Å². The van der Waals surface area contributed by atoms with Crippen molar-refractivity contribution in [1.29, 1.82) is 0 Å². The molecule has 0 radical (unpaired) electrons. The molecule has 0 bridgehead atoms. The van der Waals surface area contributed by atoms with Crippen molar-refractivity contribution in [3.8, 4) is 0 Å². The number of aromatic nitrogens is 3. The Hall–Kier alpha value is -5.54. The quantitative estimate of drug-likeness (QED) is 0.110. The van der Waals surface area contributed by atoms with E-state index in [1.807, 2.05) is 20.8 Å². The summed E-state index contributed by atoms with van der Waals surface area (Å²) < 4.78 is 61.6. The first kappa shape index (κ1) is 50.6. The van der Waals surface area contributed by atoms with Crippen LogP contribution in [0.5, 0.6) is 0 Å². The minimum atomic E-state index is -3.00. The van der Waals surface area contributed by atoms with E-state index in [-0.39, 0.29) is 73.0 Å². The molecule has 11 rings (SSSR count). The maximum atomic E-state index is 16.4. The molecule has 2 aromatic carbocycles. The molecule has 5 amide bonds. The number of methoxy groups -OCH3 is 1. The summed E-state index contributed by atoms with van der Waals surface area (Å²) in [6.45, 7) is 5.75. The molecule has 4 aromatic rings. The Morgan fingerprint density at radius 1 is 0.905 bits per heavy atom. The topological polar surface area (TPSA) is 169 Å². The molecule has 2 aromatic heterocycles. The molecule has 396 valence electrons. The van der Waals surface area contributed by atoms with Crippen LogP contribution in [-0.4, -0.2) is 156 Å². The largest absolute Gasteiger partial charge is 0.380 e. The number of rotatable bonds is 14. The average Bonchev–Trinajstić information content (AvgIpc) is 3.99. The molecule has 5 aliphatic heterocycles. The van der Waals surface area contributed by atoms with E-state index in [1.165, 1.54) is 34.2 Å². The molecule has 3 atom stereocenters. The van der Waals surface area contributed by atoms with Gasteiger partial charge in [-0.25, -0.2) is 27.5 Å². The van der Waals surface area contributed by atoms with Crippen LogP contribution < -0.4 is 25.8 Å². The Morgan fingerprint density at radius 3 is 2.38 bits per heavy atom. The lowest BCUT2D eigenvalue weighted by Gasteiger charge is -2.51. The molecule has 4 saturated heterocycles. The van der Waals surface area contributed by atoms with E-state index >= 15 is 13.2 Å². The lowest BCUT2D eigenvalue weighted by molar-refractivity contribution is -0.139. The summed E-state index contributed by atoms with van der Waals surface area (Å²) >= 11 is 6.58. The fraction of sp³-hybridized carbons (Fsp3) is 0.585. The number of alkyl halides is 2. The second kappa shape index (κ2) is 20.5. The minimum Gasteiger partial charge on any atom is -0.380 e. The predicted molar refractivity (Wildman–Crippen MR) is 272 cm³/mol. The van der Waals surface area contributed by atoms with Gasteiger partial charge in [0.1, 0.15) is 5.82 Å². The van der Waals surface area contributed by atoms with E-state index in [1.54, 1.807) is 31.1 Å². The van der Waals surface area contributed by atoms with Gasteiger partial charge in [0.25, 0.3) is 17.7 Å². The average molecular weight is 1040 g/mol. The van der Waals surface area contributed by atoms with Crippen LogP contribution in [0.4, 0.5) is 40.8 Å². The highest BCUT2D eigenvalue weighted by atomic mass is 35.5. The van der Waals surface area contributed by atoms with Crippen molar-refractivity contribution in [2.75, 3.05) is 87.7 Å². The fourth-order valence-corrected chi connectivity index (χ4v) is 12.5. The van der Waals surface area contributed by atoms with Gasteiger partial charge in [-0.2, -0.15) is 0 Å². The number of imidazole rings is 1. The molecule has 6 fully saturated rings. The Labute approximate surface area is 433 Å². The van der Waals surface area contributed by atoms with Crippen LogP contribution in [0.2, 0.25) is 5.02 Å². The van der Waals surface area contributed by atoms with Gasteiger partial charge in [-0.1, -0.05) is 11.6 Å². The van der Waals surface area contributed by atoms with E-state index in [2.05, 4.69) is 20.9 Å². The Bertz CT molecular complexity index is 2830. The number of benzene rings is 2. The number of urea groups is 1. The van der Waals surface area contributed by atoms with Crippen LogP contribution in [0, 0.1) is 18.2 Å². The number of ether oxygens (including phenoxy) is 2. The lowest BCUT2D eigenvalue weighted by atomic mass is 9.70. The standard InChI is InChI=1S/C53H65ClF3N11O6/c1-32-38(54)25-33(26-41(32)67-18-10-47(69)61-51(67)72)50(71)65-21-13-52(14-22-65)11-19-64(20-12-52)45-9-16-63(31-53(45,56)57)30-34-24-35(55)27-42-37(34)8-17-66(42)46-28-40(58-15-23-74-36-4-3-5-36)48-59-29-43(68(48)62-46)49(70)60-39-6-7-44(39)73-2/h24-29,36,39,44-45,58H,3-23,30-31H2,1-2H3,(H,60,70)(H,61,69,72)/t39-,44-,45?/m1/s1. The van der Waals surface area contributed by atoms with E-state index in [0.29, 0.717) is 109 Å². The van der Waals surface area contributed by atoms with E-state index in [9.17, 15) is 19.2 Å². The van der Waals surface area contributed by atoms with Crippen LogP contribution in [-0.2, 0) is 27.2 Å². The molecule has 21 heteroatoms. The molecule has 2 aliphatic carbocycles. The van der Waals surface area contributed by atoms with Crippen molar-refractivity contribution in [2.24, 2.45) is 5.41 Å². The minimum absolute atomic E-state index is 0.0493. The first-order valence-corrected chi connectivity index (χ1v) is 26.8. The maximum Gasteiger partial charge on any atom is 0.328 e. The van der Waals surface area contributed by atoms with Crippen LogP contribution in [0.1, 0.15) is 108 Å². The zero-order valence-corrected chi connectivity index (χ0v) is 42.8. The van der Waals surface area contributed by atoms with E-state index < -0.39 is 30.4 Å². The van der Waals surface area contributed by atoms with Gasteiger partial charge < -0.3 is 29.9 Å². The lowest BCUT2D eigenvalue weighted by Crippen LogP contribution is -2.60. The van der Waals surface area contributed by atoms with Crippen LogP contribution >= 0.6 is 11.6 Å². The Morgan fingerprint density at radius 2 is 1.68 bits per heavy atom. The number of piperidine rings is 3. The zero-order valence-electron chi connectivity index (χ0n) is 42.1. The number of hydrogen-bond donors (Lipinski definition) is 3. The molecule has 1 unspecified atom stereocenters. The summed E-state index contributed by atoms with van der Waals surface area (Å²) in [5.74, 6) is -3.83. The number of carbonyl (C=O) groups excluding carboxylic acids is 4. The first-order chi connectivity index (χ1) is 35.7. The number of halogens is 4. The Balaban J connectivity index is 0.725. The van der Waals surface area contributed by atoms with Gasteiger partial charge in [0.15, 0.2) is 17.2 Å². The third-order valence-electron chi connectivity index (χ3n) is 17.1. The number of carbonyl (C=O) groups is 4. The molecule has 74 heavy (non-hydrogen) atoms. The SMILES string of the molecule is CO[C@@H]1CC[C@H]1NC(=O)c1cnc2c(NCCOC3CCC3)cc(N3CCc4c(CN5CCC(N6CCC7(CCN(C(=O)c8cc(Cl)c(C)c(N9CCC(=O)NC9=O)c8)CC7)CC6)C(F)(F)C5)cc(F)cc43)nn12. The summed E-state index contributed by atoms with van der Waals surface area (Å²) in [6, 6.07) is 6.53. The van der Waals surface area contributed by atoms with Gasteiger partial charge in [-0.3, -0.25) is 34.4 Å². The van der Waals surface area contributed by atoms with Crippen LogP contribution in [0.25, 0.3) is 5.65 Å². The highest BCUT2D eigenvalue weighted by Gasteiger charge is 2.50. The molecule has 1 spiro atoms.